The van der Waals surface area contributed by atoms with E-state index >= 15 is 0 Å². The molecule has 0 spiro atoms. The number of carbonyl (C=O) groups excluding carboxylic acids is 4. The average molecular weight is 530 g/mol. The SMILES string of the molecule is COC(=O)C1=C(C)N(Cc2ccc(OC)cc2)C(=O)/C1=C/c1ccc(CNC(=O)C(=O)Nc2ccccc2)o1. The predicted molar refractivity (Wildman–Crippen MR) is 142 cm³/mol. The van der Waals surface area contributed by atoms with Crippen LogP contribution in [0.3, 0.4) is 0 Å². The molecule has 4 rings (SSSR count). The average Bonchev–Trinajstić information content (AvgIpc) is 3.50. The zero-order chi connectivity index (χ0) is 27.9. The first-order valence-electron chi connectivity index (χ1n) is 12.0. The molecular formula is C29H27N3O7. The Bertz CT molecular complexity index is 1450. The molecule has 2 N–H and O–H groups in total. The van der Waals surface area contributed by atoms with Crippen LogP contribution in [0.1, 0.15) is 24.0 Å². The summed E-state index contributed by atoms with van der Waals surface area (Å²) in [6.45, 7) is 1.87. The van der Waals surface area contributed by atoms with Crippen LogP contribution in [-0.2, 0) is 37.0 Å². The smallest absolute Gasteiger partial charge is 0.340 e. The van der Waals surface area contributed by atoms with Crippen molar-refractivity contribution >= 4 is 35.5 Å². The number of hydrogen-bond acceptors (Lipinski definition) is 7. The van der Waals surface area contributed by atoms with Crippen molar-refractivity contribution < 1.29 is 33.1 Å². The van der Waals surface area contributed by atoms with Crippen molar-refractivity contribution in [2.75, 3.05) is 19.5 Å². The van der Waals surface area contributed by atoms with Crippen molar-refractivity contribution in [3.05, 3.63) is 101 Å². The first-order chi connectivity index (χ1) is 18.8. The molecule has 2 aromatic carbocycles. The molecular weight excluding hydrogens is 502 g/mol. The highest BCUT2D eigenvalue weighted by atomic mass is 16.5. The second-order valence-electron chi connectivity index (χ2n) is 8.56. The first-order valence-corrected chi connectivity index (χ1v) is 12.0. The Kier molecular flexibility index (Phi) is 8.25. The summed E-state index contributed by atoms with van der Waals surface area (Å²) >= 11 is 0. The molecule has 2 heterocycles. The highest BCUT2D eigenvalue weighted by Gasteiger charge is 2.37. The zero-order valence-corrected chi connectivity index (χ0v) is 21.6. The third kappa shape index (κ3) is 6.24. The lowest BCUT2D eigenvalue weighted by Gasteiger charge is -2.18. The van der Waals surface area contributed by atoms with E-state index in [0.717, 1.165) is 5.56 Å². The van der Waals surface area contributed by atoms with Gasteiger partial charge in [-0.3, -0.25) is 14.4 Å². The van der Waals surface area contributed by atoms with Crippen molar-refractivity contribution in [3.63, 3.8) is 0 Å². The maximum absolute atomic E-state index is 13.4. The van der Waals surface area contributed by atoms with E-state index in [9.17, 15) is 19.2 Å². The molecule has 0 aliphatic carbocycles. The Morgan fingerprint density at radius 3 is 2.33 bits per heavy atom. The lowest BCUT2D eigenvalue weighted by atomic mass is 10.1. The number of furan rings is 1. The summed E-state index contributed by atoms with van der Waals surface area (Å²) in [6, 6.07) is 19.1. The summed E-state index contributed by atoms with van der Waals surface area (Å²) in [5.41, 5.74) is 2.06. The fourth-order valence-corrected chi connectivity index (χ4v) is 4.00. The van der Waals surface area contributed by atoms with Gasteiger partial charge in [-0.1, -0.05) is 30.3 Å². The van der Waals surface area contributed by atoms with Gasteiger partial charge in [0.2, 0.25) is 0 Å². The quantitative estimate of drug-likeness (QED) is 0.260. The lowest BCUT2D eigenvalue weighted by molar-refractivity contribution is -0.136. The van der Waals surface area contributed by atoms with Crippen LogP contribution in [0.2, 0.25) is 0 Å². The molecule has 0 fully saturated rings. The van der Waals surface area contributed by atoms with Crippen molar-refractivity contribution in [2.45, 2.75) is 20.0 Å². The number of methoxy groups -OCH3 is 2. The molecule has 0 bridgehead atoms. The van der Waals surface area contributed by atoms with Crippen LogP contribution in [0.4, 0.5) is 5.69 Å². The van der Waals surface area contributed by atoms with E-state index in [2.05, 4.69) is 10.6 Å². The van der Waals surface area contributed by atoms with Crippen LogP contribution in [0.15, 0.2) is 88.0 Å². The molecule has 1 aromatic heterocycles. The molecule has 0 unspecified atom stereocenters. The van der Waals surface area contributed by atoms with E-state index < -0.39 is 17.8 Å². The minimum atomic E-state index is -0.832. The number of hydrogen-bond donors (Lipinski definition) is 2. The first kappa shape index (κ1) is 26.9. The van der Waals surface area contributed by atoms with Gasteiger partial charge in [0.25, 0.3) is 5.91 Å². The molecule has 0 atom stereocenters. The normalized spacial score (nSPS) is 14.0. The maximum atomic E-state index is 13.4. The highest BCUT2D eigenvalue weighted by molar-refractivity contribution is 6.39. The molecule has 0 saturated carbocycles. The fourth-order valence-electron chi connectivity index (χ4n) is 4.00. The number of amides is 3. The molecule has 1 aliphatic rings. The molecule has 1 aliphatic heterocycles. The molecule has 10 heteroatoms. The number of para-hydroxylation sites is 1. The topological polar surface area (TPSA) is 127 Å². The molecule has 200 valence electrons. The van der Waals surface area contributed by atoms with Gasteiger partial charge >= 0.3 is 17.8 Å². The van der Waals surface area contributed by atoms with Crippen LogP contribution >= 0.6 is 0 Å². The van der Waals surface area contributed by atoms with Gasteiger partial charge in [-0.05, 0) is 55.0 Å². The summed E-state index contributed by atoms with van der Waals surface area (Å²) in [4.78, 5) is 51.7. The monoisotopic (exact) mass is 529 g/mol. The molecule has 0 radical (unpaired) electrons. The van der Waals surface area contributed by atoms with Crippen LogP contribution in [0, 0.1) is 0 Å². The van der Waals surface area contributed by atoms with Gasteiger partial charge in [0.1, 0.15) is 17.3 Å². The molecule has 3 amide bonds. The van der Waals surface area contributed by atoms with Gasteiger partial charge in [0, 0.05) is 11.4 Å². The van der Waals surface area contributed by atoms with Gasteiger partial charge in [-0.25, -0.2) is 4.79 Å². The van der Waals surface area contributed by atoms with Crippen molar-refractivity contribution in [2.24, 2.45) is 0 Å². The second-order valence-corrected chi connectivity index (χ2v) is 8.56. The van der Waals surface area contributed by atoms with Crippen molar-refractivity contribution in [3.8, 4) is 5.75 Å². The predicted octanol–water partition coefficient (Wildman–Crippen LogP) is 3.42. The number of benzene rings is 2. The molecule has 39 heavy (non-hydrogen) atoms. The maximum Gasteiger partial charge on any atom is 0.340 e. The van der Waals surface area contributed by atoms with Crippen molar-refractivity contribution in [1.82, 2.24) is 10.2 Å². The minimum Gasteiger partial charge on any atom is -0.497 e. The van der Waals surface area contributed by atoms with E-state index in [1.165, 1.54) is 18.1 Å². The van der Waals surface area contributed by atoms with E-state index in [0.29, 0.717) is 22.9 Å². The Labute approximate surface area is 224 Å². The largest absolute Gasteiger partial charge is 0.497 e. The number of allylic oxidation sites excluding steroid dienone is 1. The Morgan fingerprint density at radius 2 is 1.67 bits per heavy atom. The van der Waals surface area contributed by atoms with Gasteiger partial charge in [0.05, 0.1) is 38.5 Å². The summed E-state index contributed by atoms with van der Waals surface area (Å²) in [7, 11) is 2.82. The van der Waals surface area contributed by atoms with E-state index in [-0.39, 0.29) is 35.9 Å². The number of rotatable bonds is 8. The summed E-state index contributed by atoms with van der Waals surface area (Å²) < 4.78 is 15.9. The number of carbonyl (C=O) groups is 4. The van der Waals surface area contributed by atoms with Crippen LogP contribution in [0.5, 0.6) is 5.75 Å². The van der Waals surface area contributed by atoms with Crippen molar-refractivity contribution in [1.29, 1.82) is 0 Å². The van der Waals surface area contributed by atoms with Crippen LogP contribution in [-0.4, -0.2) is 42.8 Å². The Hall–Kier alpha value is -5.12. The number of esters is 1. The minimum absolute atomic E-state index is 0.0551. The number of ether oxygens (including phenoxy) is 2. The summed E-state index contributed by atoms with van der Waals surface area (Å²) in [5.74, 6) is -1.34. The third-order valence-electron chi connectivity index (χ3n) is 6.03. The number of nitrogens with one attached hydrogen (secondary N) is 2. The molecule has 10 nitrogen and oxygen atoms in total. The Morgan fingerprint density at radius 1 is 0.949 bits per heavy atom. The molecule has 3 aromatic rings. The molecule has 0 saturated heterocycles. The van der Waals surface area contributed by atoms with Gasteiger partial charge in [-0.2, -0.15) is 0 Å². The number of nitrogens with zero attached hydrogens (tertiary/aromatic N) is 1. The van der Waals surface area contributed by atoms with Gasteiger partial charge in [-0.15, -0.1) is 0 Å². The van der Waals surface area contributed by atoms with Gasteiger partial charge in [0.15, 0.2) is 0 Å². The zero-order valence-electron chi connectivity index (χ0n) is 21.6. The summed E-state index contributed by atoms with van der Waals surface area (Å²) in [5, 5.41) is 4.99. The van der Waals surface area contributed by atoms with E-state index in [1.807, 2.05) is 12.1 Å². The Balaban J connectivity index is 1.47. The third-order valence-corrected chi connectivity index (χ3v) is 6.03. The van der Waals surface area contributed by atoms with Crippen LogP contribution in [0.25, 0.3) is 6.08 Å². The standard InChI is InChI=1S/C29H27N3O7/c1-18-25(29(36)38-3)24(28(35)32(18)17-19-9-11-21(37-2)12-10-19)15-22-13-14-23(39-22)16-30-26(33)27(34)31-20-7-5-4-6-8-20/h4-15H,16-17H2,1-3H3,(H,30,33)(H,31,34)/b24-15+. The number of anilines is 1. The highest BCUT2D eigenvalue weighted by Crippen LogP contribution is 2.33. The van der Waals surface area contributed by atoms with E-state index in [1.54, 1.807) is 68.6 Å². The van der Waals surface area contributed by atoms with E-state index in [4.69, 9.17) is 13.9 Å². The van der Waals surface area contributed by atoms with Gasteiger partial charge < -0.3 is 29.4 Å². The fraction of sp³-hybridized carbons (Fsp3) is 0.172. The van der Waals surface area contributed by atoms with Crippen LogP contribution < -0.4 is 15.4 Å². The summed E-state index contributed by atoms with van der Waals surface area (Å²) in [6.07, 6.45) is 1.46. The lowest BCUT2D eigenvalue weighted by Crippen LogP contribution is -2.34. The second kappa shape index (κ2) is 12.0.